The summed E-state index contributed by atoms with van der Waals surface area (Å²) >= 11 is 0. The van der Waals surface area contributed by atoms with Gasteiger partial charge in [-0.1, -0.05) is 36.4 Å². The number of benzene rings is 3. The maximum atomic E-state index is 13.8. The van der Waals surface area contributed by atoms with Crippen LogP contribution in [0.5, 0.6) is 0 Å². The molecule has 0 aromatic heterocycles. The first kappa shape index (κ1) is 15.3. The van der Waals surface area contributed by atoms with Crippen LogP contribution in [0.1, 0.15) is 22.1 Å². The predicted octanol–water partition coefficient (Wildman–Crippen LogP) is 4.74. The van der Waals surface area contributed by atoms with Crippen LogP contribution in [0.25, 0.3) is 0 Å². The third-order valence-electron chi connectivity index (χ3n) is 4.22. The van der Waals surface area contributed by atoms with Crippen LogP contribution in [-0.2, 0) is 0 Å². The highest BCUT2D eigenvalue weighted by molar-refractivity contribution is 6.12. The first-order valence-corrected chi connectivity index (χ1v) is 7.84. The van der Waals surface area contributed by atoms with Crippen molar-refractivity contribution in [3.63, 3.8) is 0 Å². The molecular weight excluding hydrogens is 322 g/mol. The number of carbonyl (C=O) groups excluding carboxylic acids is 1. The van der Waals surface area contributed by atoms with Crippen LogP contribution < -0.4 is 10.2 Å². The van der Waals surface area contributed by atoms with Crippen LogP contribution in [0.3, 0.4) is 0 Å². The van der Waals surface area contributed by atoms with E-state index in [2.05, 4.69) is 5.32 Å². The second kappa shape index (κ2) is 6.02. The summed E-state index contributed by atoms with van der Waals surface area (Å²) in [5.41, 5.74) is 2.33. The molecule has 0 unspecified atom stereocenters. The Balaban J connectivity index is 1.87. The van der Waals surface area contributed by atoms with Crippen LogP contribution in [-0.4, -0.2) is 5.91 Å². The Hall–Kier alpha value is -3.21. The predicted molar refractivity (Wildman–Crippen MR) is 92.4 cm³/mol. The highest BCUT2D eigenvalue weighted by atomic mass is 19.2. The van der Waals surface area contributed by atoms with Gasteiger partial charge in [-0.3, -0.25) is 9.69 Å². The summed E-state index contributed by atoms with van der Waals surface area (Å²) in [6.07, 6.45) is -0.639. The van der Waals surface area contributed by atoms with Gasteiger partial charge >= 0.3 is 0 Å². The number of fused-ring (bicyclic) bond motifs is 1. The van der Waals surface area contributed by atoms with E-state index in [4.69, 9.17) is 0 Å². The van der Waals surface area contributed by atoms with E-state index in [9.17, 15) is 13.6 Å². The van der Waals surface area contributed by atoms with Gasteiger partial charge in [-0.15, -0.1) is 0 Å². The van der Waals surface area contributed by atoms with Gasteiger partial charge in [0.1, 0.15) is 6.17 Å². The highest BCUT2D eigenvalue weighted by Crippen LogP contribution is 2.36. The number of halogens is 2. The summed E-state index contributed by atoms with van der Waals surface area (Å²) in [5.74, 6) is -2.06. The van der Waals surface area contributed by atoms with E-state index in [-0.39, 0.29) is 5.91 Å². The molecule has 3 nitrogen and oxygen atoms in total. The van der Waals surface area contributed by atoms with Crippen molar-refractivity contribution in [3.8, 4) is 0 Å². The van der Waals surface area contributed by atoms with Crippen LogP contribution in [0.2, 0.25) is 0 Å². The molecule has 1 aliphatic heterocycles. The van der Waals surface area contributed by atoms with Crippen molar-refractivity contribution in [1.82, 2.24) is 0 Å². The average molecular weight is 336 g/mol. The van der Waals surface area contributed by atoms with Crippen molar-refractivity contribution in [2.24, 2.45) is 0 Å². The summed E-state index contributed by atoms with van der Waals surface area (Å²) in [7, 11) is 0. The van der Waals surface area contributed by atoms with Crippen LogP contribution in [0.4, 0.5) is 20.2 Å². The van der Waals surface area contributed by atoms with Gasteiger partial charge in [0.25, 0.3) is 5.91 Å². The van der Waals surface area contributed by atoms with Gasteiger partial charge in [0.15, 0.2) is 11.6 Å². The van der Waals surface area contributed by atoms with Gasteiger partial charge in [0.05, 0.1) is 5.56 Å². The first-order chi connectivity index (χ1) is 12.1. The van der Waals surface area contributed by atoms with Gasteiger partial charge in [0, 0.05) is 11.4 Å². The molecule has 25 heavy (non-hydrogen) atoms. The minimum absolute atomic E-state index is 0.199. The summed E-state index contributed by atoms with van der Waals surface area (Å²) in [6, 6.07) is 19.9. The van der Waals surface area contributed by atoms with E-state index in [1.165, 1.54) is 6.07 Å². The van der Waals surface area contributed by atoms with Crippen molar-refractivity contribution in [1.29, 1.82) is 0 Å². The van der Waals surface area contributed by atoms with Crippen molar-refractivity contribution < 1.29 is 13.6 Å². The second-order valence-corrected chi connectivity index (χ2v) is 5.78. The Bertz CT molecular complexity index is 943. The summed E-state index contributed by atoms with van der Waals surface area (Å²) in [5, 5.41) is 3.25. The van der Waals surface area contributed by atoms with Crippen molar-refractivity contribution in [2.75, 3.05) is 10.2 Å². The molecule has 0 saturated carbocycles. The molecule has 4 rings (SSSR count). The lowest BCUT2D eigenvalue weighted by Crippen LogP contribution is -2.43. The molecule has 3 aromatic carbocycles. The molecular formula is C20H14F2N2O. The van der Waals surface area contributed by atoms with Crippen molar-refractivity contribution >= 4 is 17.3 Å². The molecule has 0 bridgehead atoms. The van der Waals surface area contributed by atoms with E-state index in [1.54, 1.807) is 35.2 Å². The standard InChI is InChI=1S/C20H14F2N2O/c21-16-11-10-13(12-17(16)22)19-23-18-9-5-4-8-15(18)20(25)24(19)14-6-2-1-3-7-14/h1-12,19,23H/t19-/m1/s1. The molecule has 1 N–H and O–H groups in total. The molecule has 0 spiro atoms. The largest absolute Gasteiger partial charge is 0.360 e. The lowest BCUT2D eigenvalue weighted by molar-refractivity contribution is 0.0975. The number of carbonyl (C=O) groups is 1. The smallest absolute Gasteiger partial charge is 0.262 e. The summed E-state index contributed by atoms with van der Waals surface area (Å²) in [6.45, 7) is 0. The monoisotopic (exact) mass is 336 g/mol. The Morgan fingerprint density at radius 2 is 1.56 bits per heavy atom. The zero-order valence-corrected chi connectivity index (χ0v) is 13.1. The second-order valence-electron chi connectivity index (χ2n) is 5.78. The highest BCUT2D eigenvalue weighted by Gasteiger charge is 2.34. The third-order valence-corrected chi connectivity index (χ3v) is 4.22. The topological polar surface area (TPSA) is 32.3 Å². The van der Waals surface area contributed by atoms with Gasteiger partial charge < -0.3 is 5.32 Å². The molecule has 5 heteroatoms. The maximum absolute atomic E-state index is 13.8. The third kappa shape index (κ3) is 2.63. The minimum atomic E-state index is -0.946. The fraction of sp³-hybridized carbons (Fsp3) is 0.0500. The van der Waals surface area contributed by atoms with Crippen LogP contribution in [0, 0.1) is 11.6 Å². The van der Waals surface area contributed by atoms with Gasteiger partial charge in [0.2, 0.25) is 0 Å². The van der Waals surface area contributed by atoms with E-state index in [0.29, 0.717) is 22.5 Å². The van der Waals surface area contributed by atoms with Gasteiger partial charge in [-0.05, 0) is 42.0 Å². The molecule has 1 amide bonds. The molecule has 124 valence electrons. The number of nitrogens with zero attached hydrogens (tertiary/aromatic N) is 1. The SMILES string of the molecule is O=C1c2ccccc2N[C@@H](c2ccc(F)c(F)c2)N1c1ccccc1. The number of amides is 1. The van der Waals surface area contributed by atoms with Gasteiger partial charge in [-0.25, -0.2) is 8.78 Å². The fourth-order valence-electron chi connectivity index (χ4n) is 3.02. The van der Waals surface area contributed by atoms with E-state index < -0.39 is 17.8 Å². The van der Waals surface area contributed by atoms with E-state index >= 15 is 0 Å². The summed E-state index contributed by atoms with van der Waals surface area (Å²) < 4.78 is 27.1. The minimum Gasteiger partial charge on any atom is -0.360 e. The number of anilines is 2. The molecule has 0 fully saturated rings. The zero-order chi connectivity index (χ0) is 17.4. The first-order valence-electron chi connectivity index (χ1n) is 7.84. The number of rotatable bonds is 2. The number of nitrogens with one attached hydrogen (secondary N) is 1. The van der Waals surface area contributed by atoms with Crippen molar-refractivity contribution in [3.05, 3.63) is 95.6 Å². The Morgan fingerprint density at radius 3 is 2.32 bits per heavy atom. The number of hydrogen-bond donors (Lipinski definition) is 1. The molecule has 0 aliphatic carbocycles. The molecule has 3 aromatic rings. The van der Waals surface area contributed by atoms with E-state index in [1.807, 2.05) is 24.3 Å². The van der Waals surface area contributed by atoms with E-state index in [0.717, 1.165) is 12.1 Å². The fourth-order valence-corrected chi connectivity index (χ4v) is 3.02. The van der Waals surface area contributed by atoms with Crippen LogP contribution >= 0.6 is 0 Å². The number of hydrogen-bond acceptors (Lipinski definition) is 2. The lowest BCUT2D eigenvalue weighted by Gasteiger charge is -2.38. The number of para-hydroxylation sites is 2. The Morgan fingerprint density at radius 1 is 0.840 bits per heavy atom. The average Bonchev–Trinajstić information content (AvgIpc) is 2.64. The Kier molecular flexibility index (Phi) is 3.69. The quantitative estimate of drug-likeness (QED) is 0.733. The summed E-state index contributed by atoms with van der Waals surface area (Å²) in [4.78, 5) is 14.6. The molecule has 0 radical (unpaired) electrons. The molecule has 1 aliphatic rings. The molecule has 1 atom stereocenters. The van der Waals surface area contributed by atoms with Crippen LogP contribution in [0.15, 0.2) is 72.8 Å². The maximum Gasteiger partial charge on any atom is 0.262 e. The Labute approximate surface area is 143 Å². The molecule has 1 heterocycles. The molecule has 0 saturated heterocycles. The lowest BCUT2D eigenvalue weighted by atomic mass is 10.0. The normalized spacial score (nSPS) is 16.3. The van der Waals surface area contributed by atoms with Gasteiger partial charge in [-0.2, -0.15) is 0 Å². The zero-order valence-electron chi connectivity index (χ0n) is 13.1. The van der Waals surface area contributed by atoms with Crippen molar-refractivity contribution in [2.45, 2.75) is 6.17 Å².